The van der Waals surface area contributed by atoms with E-state index in [2.05, 4.69) is 10.1 Å². The molecule has 0 aliphatic carbocycles. The summed E-state index contributed by atoms with van der Waals surface area (Å²) in [6.45, 7) is 0.519. The predicted octanol–water partition coefficient (Wildman–Crippen LogP) is 4.96. The number of hydrogen-bond acceptors (Lipinski definition) is 3. The summed E-state index contributed by atoms with van der Waals surface area (Å²) >= 11 is 0. The first-order valence-electron chi connectivity index (χ1n) is 8.44. The number of carbonyl (C=O) groups is 1. The Morgan fingerprint density at radius 3 is 2.52 bits per heavy atom. The molecule has 0 aromatic heterocycles. The number of likely N-dealkylation sites (tertiary alicyclic amines) is 1. The number of nitrogens with zero attached hydrogens (tertiary/aromatic N) is 1. The second kappa shape index (κ2) is 7.77. The van der Waals surface area contributed by atoms with Gasteiger partial charge < -0.3 is 19.7 Å². The standard InChI is InChI=1S/C19H19F3N2O3/c1-26-14-10-8-13(9-11-14)16-6-4-12-24(16)18(25)23-15-5-2-3-7-17(15)27-19(20,21)22/h2-3,5,7-11,16H,4,6,12H2,1H3,(H,23,25)/t16-/m1/s1. The van der Waals surface area contributed by atoms with Crippen molar-refractivity contribution in [3.8, 4) is 11.5 Å². The molecule has 144 valence electrons. The number of methoxy groups -OCH3 is 1. The minimum absolute atomic E-state index is 0.0276. The molecule has 1 atom stereocenters. The Hall–Kier alpha value is -2.90. The van der Waals surface area contributed by atoms with E-state index in [-0.39, 0.29) is 11.7 Å². The lowest BCUT2D eigenvalue weighted by atomic mass is 10.0. The molecule has 3 rings (SSSR count). The molecule has 2 aromatic rings. The molecule has 0 bridgehead atoms. The van der Waals surface area contributed by atoms with Crippen LogP contribution in [0.25, 0.3) is 0 Å². The molecule has 5 nitrogen and oxygen atoms in total. The van der Waals surface area contributed by atoms with Crippen molar-refractivity contribution in [3.63, 3.8) is 0 Å². The van der Waals surface area contributed by atoms with E-state index in [4.69, 9.17) is 4.74 Å². The molecule has 1 aliphatic heterocycles. The number of para-hydroxylation sites is 2. The zero-order valence-electron chi connectivity index (χ0n) is 14.6. The van der Waals surface area contributed by atoms with E-state index in [1.54, 1.807) is 12.0 Å². The summed E-state index contributed by atoms with van der Waals surface area (Å²) in [5, 5.41) is 2.53. The second-order valence-corrected chi connectivity index (χ2v) is 6.10. The number of urea groups is 1. The van der Waals surface area contributed by atoms with Gasteiger partial charge >= 0.3 is 12.4 Å². The zero-order valence-corrected chi connectivity index (χ0v) is 14.6. The lowest BCUT2D eigenvalue weighted by Gasteiger charge is -2.26. The number of hydrogen-bond donors (Lipinski definition) is 1. The summed E-state index contributed by atoms with van der Waals surface area (Å²) in [6, 6.07) is 12.3. The van der Waals surface area contributed by atoms with Crippen LogP contribution in [-0.2, 0) is 0 Å². The Kier molecular flexibility index (Phi) is 5.43. The van der Waals surface area contributed by atoms with Gasteiger partial charge in [-0.2, -0.15) is 0 Å². The van der Waals surface area contributed by atoms with Crippen LogP contribution < -0.4 is 14.8 Å². The largest absolute Gasteiger partial charge is 0.573 e. The van der Waals surface area contributed by atoms with Crippen molar-refractivity contribution in [3.05, 3.63) is 54.1 Å². The van der Waals surface area contributed by atoms with E-state index in [1.165, 1.54) is 18.2 Å². The second-order valence-electron chi connectivity index (χ2n) is 6.10. The van der Waals surface area contributed by atoms with Crippen molar-refractivity contribution >= 4 is 11.7 Å². The van der Waals surface area contributed by atoms with Crippen LogP contribution >= 0.6 is 0 Å². The third-order valence-electron chi connectivity index (χ3n) is 4.37. The molecule has 1 heterocycles. The van der Waals surface area contributed by atoms with Gasteiger partial charge in [0.2, 0.25) is 0 Å². The number of ether oxygens (including phenoxy) is 2. The molecule has 2 aromatic carbocycles. The minimum atomic E-state index is -4.83. The van der Waals surface area contributed by atoms with Gasteiger partial charge in [-0.15, -0.1) is 13.2 Å². The van der Waals surface area contributed by atoms with E-state index in [9.17, 15) is 18.0 Å². The highest BCUT2D eigenvalue weighted by Gasteiger charge is 2.33. The summed E-state index contributed by atoms with van der Waals surface area (Å²) in [5.74, 6) is 0.268. The summed E-state index contributed by atoms with van der Waals surface area (Å²) in [4.78, 5) is 14.3. The molecule has 1 saturated heterocycles. The van der Waals surface area contributed by atoms with Crippen molar-refractivity contribution < 1.29 is 27.4 Å². The van der Waals surface area contributed by atoms with E-state index in [0.717, 1.165) is 24.5 Å². The number of nitrogens with one attached hydrogen (secondary N) is 1. The quantitative estimate of drug-likeness (QED) is 0.815. The van der Waals surface area contributed by atoms with Crippen LogP contribution in [0.3, 0.4) is 0 Å². The lowest BCUT2D eigenvalue weighted by Crippen LogP contribution is -2.34. The molecule has 27 heavy (non-hydrogen) atoms. The Labute approximate surface area is 154 Å². The third-order valence-corrected chi connectivity index (χ3v) is 4.37. The van der Waals surface area contributed by atoms with Crippen LogP contribution in [-0.4, -0.2) is 30.9 Å². The van der Waals surface area contributed by atoms with Crippen LogP contribution in [0.4, 0.5) is 23.7 Å². The fourth-order valence-corrected chi connectivity index (χ4v) is 3.15. The highest BCUT2D eigenvalue weighted by Crippen LogP contribution is 2.35. The number of amides is 2. The maximum Gasteiger partial charge on any atom is 0.573 e. The molecule has 1 N–H and O–H groups in total. The number of benzene rings is 2. The molecule has 1 aliphatic rings. The average molecular weight is 380 g/mol. The number of anilines is 1. The van der Waals surface area contributed by atoms with E-state index in [1.807, 2.05) is 24.3 Å². The van der Waals surface area contributed by atoms with Gasteiger partial charge in [0, 0.05) is 6.54 Å². The summed E-state index contributed by atoms with van der Waals surface area (Å²) in [7, 11) is 1.57. The molecular formula is C19H19F3N2O3. The molecule has 1 fully saturated rings. The molecule has 2 amide bonds. The number of alkyl halides is 3. The fraction of sp³-hybridized carbons (Fsp3) is 0.316. The van der Waals surface area contributed by atoms with Gasteiger partial charge in [0.1, 0.15) is 5.75 Å². The first kappa shape index (κ1) is 18.9. The molecular weight excluding hydrogens is 361 g/mol. The number of rotatable bonds is 4. The van der Waals surface area contributed by atoms with Crippen LogP contribution in [0.1, 0.15) is 24.4 Å². The Balaban J connectivity index is 1.75. The molecule has 0 saturated carbocycles. The van der Waals surface area contributed by atoms with Crippen molar-refractivity contribution in [1.82, 2.24) is 4.90 Å². The Morgan fingerprint density at radius 2 is 1.85 bits per heavy atom. The monoisotopic (exact) mass is 380 g/mol. The Bertz CT molecular complexity index is 794. The predicted molar refractivity (Wildman–Crippen MR) is 93.8 cm³/mol. The topological polar surface area (TPSA) is 50.8 Å². The van der Waals surface area contributed by atoms with Crippen LogP contribution in [0.5, 0.6) is 11.5 Å². The van der Waals surface area contributed by atoms with Gasteiger partial charge in [-0.25, -0.2) is 4.79 Å². The SMILES string of the molecule is COc1ccc([C@H]2CCCN2C(=O)Nc2ccccc2OC(F)(F)F)cc1. The highest BCUT2D eigenvalue weighted by atomic mass is 19.4. The maximum absolute atomic E-state index is 12.7. The number of halogens is 3. The highest BCUT2D eigenvalue weighted by molar-refractivity contribution is 5.91. The van der Waals surface area contributed by atoms with Gasteiger partial charge in [0.15, 0.2) is 5.75 Å². The van der Waals surface area contributed by atoms with Crippen LogP contribution in [0.2, 0.25) is 0 Å². The fourth-order valence-electron chi connectivity index (χ4n) is 3.15. The van der Waals surface area contributed by atoms with Crippen molar-refractivity contribution in [2.24, 2.45) is 0 Å². The first-order chi connectivity index (χ1) is 12.9. The minimum Gasteiger partial charge on any atom is -0.497 e. The van der Waals surface area contributed by atoms with Gasteiger partial charge in [0.25, 0.3) is 0 Å². The van der Waals surface area contributed by atoms with Crippen LogP contribution in [0, 0.1) is 0 Å². The molecule has 8 heteroatoms. The van der Waals surface area contributed by atoms with Crippen LogP contribution in [0.15, 0.2) is 48.5 Å². The molecule has 0 spiro atoms. The summed E-state index contributed by atoms with van der Waals surface area (Å²) < 4.78 is 46.8. The molecule has 0 unspecified atom stereocenters. The lowest BCUT2D eigenvalue weighted by molar-refractivity contribution is -0.274. The van der Waals surface area contributed by atoms with Gasteiger partial charge in [0.05, 0.1) is 18.8 Å². The van der Waals surface area contributed by atoms with Crippen molar-refractivity contribution in [2.45, 2.75) is 25.2 Å². The van der Waals surface area contributed by atoms with Gasteiger partial charge in [-0.05, 0) is 42.7 Å². The zero-order chi connectivity index (χ0) is 19.4. The van der Waals surface area contributed by atoms with Crippen molar-refractivity contribution in [1.29, 1.82) is 0 Å². The van der Waals surface area contributed by atoms with E-state index < -0.39 is 18.1 Å². The summed E-state index contributed by atoms with van der Waals surface area (Å²) in [6.07, 6.45) is -3.24. The van der Waals surface area contributed by atoms with E-state index >= 15 is 0 Å². The van der Waals surface area contributed by atoms with E-state index in [0.29, 0.717) is 12.3 Å². The smallest absolute Gasteiger partial charge is 0.497 e. The summed E-state index contributed by atoms with van der Waals surface area (Å²) in [5.41, 5.74) is 0.920. The first-order valence-corrected chi connectivity index (χ1v) is 8.44. The number of carbonyl (C=O) groups excluding carboxylic acids is 1. The van der Waals surface area contributed by atoms with Gasteiger partial charge in [-0.3, -0.25) is 0 Å². The van der Waals surface area contributed by atoms with Crippen molar-refractivity contribution in [2.75, 3.05) is 19.0 Å². The average Bonchev–Trinajstić information content (AvgIpc) is 3.12. The maximum atomic E-state index is 12.7. The van der Waals surface area contributed by atoms with Gasteiger partial charge in [-0.1, -0.05) is 24.3 Å². The molecule has 0 radical (unpaired) electrons. The Morgan fingerprint density at radius 1 is 1.15 bits per heavy atom. The normalized spacial score (nSPS) is 16.9. The third kappa shape index (κ3) is 4.64.